The first kappa shape index (κ1) is 13.2. The second kappa shape index (κ2) is 6.61. The molecule has 1 aromatic carbocycles. The van der Waals surface area contributed by atoms with Gasteiger partial charge in [0.25, 0.3) is 0 Å². The molecule has 0 unspecified atom stereocenters. The minimum absolute atomic E-state index is 0.931. The van der Waals surface area contributed by atoms with Crippen molar-refractivity contribution >= 4 is 11.8 Å². The van der Waals surface area contributed by atoms with Gasteiger partial charge in [0.2, 0.25) is 0 Å². The molecular weight excluding hydrogens is 242 g/mol. The number of rotatable bonds is 6. The molecule has 0 saturated carbocycles. The third-order valence-corrected chi connectivity index (χ3v) is 3.74. The lowest BCUT2D eigenvalue weighted by atomic mass is 10.2. The molecule has 0 spiro atoms. The predicted molar refractivity (Wildman–Crippen MR) is 76.8 cm³/mol. The molecule has 4 heteroatoms. The Kier molecular flexibility index (Phi) is 4.84. The van der Waals surface area contributed by atoms with Crippen LogP contribution in [-0.2, 0) is 20.0 Å². The molecule has 0 amide bonds. The Balaban J connectivity index is 1.79. The van der Waals surface area contributed by atoms with Gasteiger partial charge in [-0.05, 0) is 36.7 Å². The number of thioether (sulfide) groups is 1. The van der Waals surface area contributed by atoms with Gasteiger partial charge in [-0.3, -0.25) is 4.68 Å². The average Bonchev–Trinajstić information content (AvgIpc) is 2.78. The summed E-state index contributed by atoms with van der Waals surface area (Å²) in [5.74, 6) is 1.09. The van der Waals surface area contributed by atoms with Gasteiger partial charge in [0, 0.05) is 30.4 Å². The number of benzene rings is 1. The second-order valence-electron chi connectivity index (χ2n) is 4.29. The van der Waals surface area contributed by atoms with Crippen LogP contribution >= 0.6 is 11.8 Å². The molecule has 0 aliphatic rings. The van der Waals surface area contributed by atoms with Crippen LogP contribution in [0.3, 0.4) is 0 Å². The van der Waals surface area contributed by atoms with Gasteiger partial charge >= 0.3 is 0 Å². The standard InChI is InChI=1S/C14H19N3S/c1-15-9-12-3-5-14(6-4-12)18-8-7-13-10-16-17(2)11-13/h3-6,10-11,15H,7-9H2,1-2H3. The molecule has 0 fully saturated rings. The summed E-state index contributed by atoms with van der Waals surface area (Å²) >= 11 is 1.89. The molecule has 96 valence electrons. The molecule has 2 rings (SSSR count). The van der Waals surface area contributed by atoms with E-state index in [4.69, 9.17) is 0 Å². The van der Waals surface area contributed by atoms with Gasteiger partial charge in [-0.1, -0.05) is 12.1 Å². The summed E-state index contributed by atoms with van der Waals surface area (Å²) in [5, 5.41) is 7.33. The van der Waals surface area contributed by atoms with Crippen LogP contribution < -0.4 is 5.32 Å². The number of nitrogens with one attached hydrogen (secondary N) is 1. The number of aryl methyl sites for hydroxylation is 2. The van der Waals surface area contributed by atoms with E-state index in [1.165, 1.54) is 16.0 Å². The smallest absolute Gasteiger partial charge is 0.0521 e. The van der Waals surface area contributed by atoms with Crippen LogP contribution in [0.4, 0.5) is 0 Å². The highest BCUT2D eigenvalue weighted by Gasteiger charge is 1.98. The van der Waals surface area contributed by atoms with E-state index in [1.807, 2.05) is 36.7 Å². The molecule has 0 saturated heterocycles. The topological polar surface area (TPSA) is 29.9 Å². The van der Waals surface area contributed by atoms with E-state index >= 15 is 0 Å². The maximum absolute atomic E-state index is 4.17. The maximum Gasteiger partial charge on any atom is 0.0521 e. The van der Waals surface area contributed by atoms with E-state index in [0.717, 1.165) is 18.7 Å². The van der Waals surface area contributed by atoms with Crippen LogP contribution in [0.2, 0.25) is 0 Å². The second-order valence-corrected chi connectivity index (χ2v) is 5.46. The van der Waals surface area contributed by atoms with Crippen LogP contribution in [0.1, 0.15) is 11.1 Å². The van der Waals surface area contributed by atoms with Gasteiger partial charge in [-0.2, -0.15) is 5.10 Å². The normalized spacial score (nSPS) is 10.8. The monoisotopic (exact) mass is 261 g/mol. The van der Waals surface area contributed by atoms with Crippen molar-refractivity contribution in [3.8, 4) is 0 Å². The fourth-order valence-corrected chi connectivity index (χ4v) is 2.70. The molecule has 3 nitrogen and oxygen atoms in total. The molecule has 2 aromatic rings. The van der Waals surface area contributed by atoms with Crippen LogP contribution in [0, 0.1) is 0 Å². The van der Waals surface area contributed by atoms with Crippen molar-refractivity contribution in [1.82, 2.24) is 15.1 Å². The summed E-state index contributed by atoms with van der Waals surface area (Å²) in [4.78, 5) is 1.33. The summed E-state index contributed by atoms with van der Waals surface area (Å²) < 4.78 is 1.85. The zero-order valence-electron chi connectivity index (χ0n) is 10.9. The summed E-state index contributed by atoms with van der Waals surface area (Å²) in [6.07, 6.45) is 5.09. The number of hydrogen-bond donors (Lipinski definition) is 1. The lowest BCUT2D eigenvalue weighted by Crippen LogP contribution is -2.04. The van der Waals surface area contributed by atoms with Gasteiger partial charge < -0.3 is 5.32 Å². The van der Waals surface area contributed by atoms with Crippen LogP contribution in [0.5, 0.6) is 0 Å². The Hall–Kier alpha value is -1.26. The minimum Gasteiger partial charge on any atom is -0.316 e. The molecule has 0 atom stereocenters. The number of hydrogen-bond acceptors (Lipinski definition) is 3. The largest absolute Gasteiger partial charge is 0.316 e. The van der Waals surface area contributed by atoms with Crippen LogP contribution in [0.25, 0.3) is 0 Å². The van der Waals surface area contributed by atoms with Gasteiger partial charge in [0.05, 0.1) is 6.20 Å². The van der Waals surface area contributed by atoms with Gasteiger partial charge in [0.1, 0.15) is 0 Å². The number of aromatic nitrogens is 2. The zero-order chi connectivity index (χ0) is 12.8. The van der Waals surface area contributed by atoms with Crippen molar-refractivity contribution in [2.24, 2.45) is 7.05 Å². The Bertz CT molecular complexity index is 476. The molecule has 1 heterocycles. The minimum atomic E-state index is 0.931. The first-order chi connectivity index (χ1) is 8.78. The Morgan fingerprint density at radius 2 is 2.00 bits per heavy atom. The lowest BCUT2D eigenvalue weighted by molar-refractivity contribution is 0.767. The van der Waals surface area contributed by atoms with E-state index in [1.54, 1.807) is 0 Å². The molecule has 1 aromatic heterocycles. The molecular formula is C14H19N3S. The molecule has 18 heavy (non-hydrogen) atoms. The predicted octanol–water partition coefficient (Wildman–Crippen LogP) is 2.47. The molecule has 0 aliphatic heterocycles. The summed E-state index contributed by atoms with van der Waals surface area (Å²) in [5.41, 5.74) is 2.63. The Labute approximate surface area is 113 Å². The fraction of sp³-hybridized carbons (Fsp3) is 0.357. The molecule has 0 bridgehead atoms. The van der Waals surface area contributed by atoms with Crippen molar-refractivity contribution in [2.75, 3.05) is 12.8 Å². The average molecular weight is 261 g/mol. The van der Waals surface area contributed by atoms with Gasteiger partial charge in [0.15, 0.2) is 0 Å². The maximum atomic E-state index is 4.17. The lowest BCUT2D eigenvalue weighted by Gasteiger charge is -2.03. The van der Waals surface area contributed by atoms with E-state index in [0.29, 0.717) is 0 Å². The fourth-order valence-electron chi connectivity index (χ4n) is 1.80. The zero-order valence-corrected chi connectivity index (χ0v) is 11.7. The van der Waals surface area contributed by atoms with Crippen molar-refractivity contribution in [2.45, 2.75) is 17.9 Å². The summed E-state index contributed by atoms with van der Waals surface area (Å²) in [6.45, 7) is 0.931. The summed E-state index contributed by atoms with van der Waals surface area (Å²) in [6, 6.07) is 8.76. The van der Waals surface area contributed by atoms with E-state index in [2.05, 4.69) is 40.9 Å². The Morgan fingerprint density at radius 3 is 2.61 bits per heavy atom. The van der Waals surface area contributed by atoms with Crippen molar-refractivity contribution in [3.63, 3.8) is 0 Å². The van der Waals surface area contributed by atoms with Crippen LogP contribution in [0.15, 0.2) is 41.6 Å². The molecule has 0 aliphatic carbocycles. The third-order valence-electron chi connectivity index (χ3n) is 2.72. The van der Waals surface area contributed by atoms with E-state index in [9.17, 15) is 0 Å². The first-order valence-electron chi connectivity index (χ1n) is 6.12. The Morgan fingerprint density at radius 1 is 1.22 bits per heavy atom. The van der Waals surface area contributed by atoms with E-state index < -0.39 is 0 Å². The summed E-state index contributed by atoms with van der Waals surface area (Å²) in [7, 11) is 3.92. The number of nitrogens with zero attached hydrogens (tertiary/aromatic N) is 2. The van der Waals surface area contributed by atoms with Crippen molar-refractivity contribution in [1.29, 1.82) is 0 Å². The SMILES string of the molecule is CNCc1ccc(SCCc2cnn(C)c2)cc1. The molecule has 0 radical (unpaired) electrons. The van der Waals surface area contributed by atoms with Gasteiger partial charge in [-0.25, -0.2) is 0 Å². The first-order valence-corrected chi connectivity index (χ1v) is 7.10. The van der Waals surface area contributed by atoms with Gasteiger partial charge in [-0.15, -0.1) is 11.8 Å². The quantitative estimate of drug-likeness (QED) is 0.810. The third kappa shape index (κ3) is 3.89. The highest BCUT2D eigenvalue weighted by molar-refractivity contribution is 7.99. The molecule has 1 N–H and O–H groups in total. The van der Waals surface area contributed by atoms with E-state index in [-0.39, 0.29) is 0 Å². The highest BCUT2D eigenvalue weighted by Crippen LogP contribution is 2.19. The highest BCUT2D eigenvalue weighted by atomic mass is 32.2. The van der Waals surface area contributed by atoms with Crippen LogP contribution in [-0.4, -0.2) is 22.6 Å². The van der Waals surface area contributed by atoms with Crippen molar-refractivity contribution < 1.29 is 0 Å². The van der Waals surface area contributed by atoms with Crippen molar-refractivity contribution in [3.05, 3.63) is 47.8 Å².